The van der Waals surface area contributed by atoms with Gasteiger partial charge in [0, 0.05) is 19.3 Å². The second kappa shape index (κ2) is 6.82. The second-order valence-electron chi connectivity index (χ2n) is 4.92. The van der Waals surface area contributed by atoms with Gasteiger partial charge in [-0.3, -0.25) is 4.79 Å². The first-order valence-electron chi connectivity index (χ1n) is 7.17. The zero-order chi connectivity index (χ0) is 17.0. The maximum absolute atomic E-state index is 12.0. The summed E-state index contributed by atoms with van der Waals surface area (Å²) in [7, 11) is -3.47. The smallest absolute Gasteiger partial charge is 0.291 e. The third-order valence-electron chi connectivity index (χ3n) is 3.26. The van der Waals surface area contributed by atoms with Gasteiger partial charge in [-0.05, 0) is 38.1 Å². The molecule has 1 amide bonds. The summed E-state index contributed by atoms with van der Waals surface area (Å²) in [6.45, 7) is 5.76. The maximum atomic E-state index is 12.0. The fourth-order valence-electron chi connectivity index (χ4n) is 2.03. The van der Waals surface area contributed by atoms with Gasteiger partial charge in [-0.2, -0.15) is 0 Å². The average Bonchev–Trinajstić information content (AvgIpc) is 3.00. The van der Waals surface area contributed by atoms with E-state index in [1.807, 2.05) is 19.9 Å². The lowest BCUT2D eigenvalue weighted by Crippen LogP contribution is -2.22. The Morgan fingerprint density at radius 3 is 2.39 bits per heavy atom. The second-order valence-corrected chi connectivity index (χ2v) is 6.87. The van der Waals surface area contributed by atoms with Crippen LogP contribution in [0.4, 0.5) is 11.5 Å². The third kappa shape index (κ3) is 4.10. The van der Waals surface area contributed by atoms with Gasteiger partial charge < -0.3 is 14.6 Å². The molecule has 7 nitrogen and oxygen atoms in total. The van der Waals surface area contributed by atoms with Crippen LogP contribution in [0.5, 0.6) is 0 Å². The Bertz CT molecular complexity index is 777. The minimum atomic E-state index is -3.47. The highest BCUT2D eigenvalue weighted by Gasteiger charge is 2.17. The van der Waals surface area contributed by atoms with Gasteiger partial charge in [0.25, 0.3) is 5.91 Å². The van der Waals surface area contributed by atoms with Crippen LogP contribution in [0.2, 0.25) is 0 Å². The first-order valence-corrected chi connectivity index (χ1v) is 9.06. The van der Waals surface area contributed by atoms with Gasteiger partial charge in [-0.1, -0.05) is 0 Å². The van der Waals surface area contributed by atoms with Crippen molar-refractivity contribution in [3.05, 3.63) is 36.2 Å². The molecule has 1 N–H and O–H groups in total. The van der Waals surface area contributed by atoms with Crippen molar-refractivity contribution in [3.8, 4) is 0 Å². The molecule has 0 bridgehead atoms. The van der Waals surface area contributed by atoms with Crippen molar-refractivity contribution in [2.24, 2.45) is 0 Å². The van der Waals surface area contributed by atoms with Crippen LogP contribution in [0.1, 0.15) is 24.4 Å². The fraction of sp³-hybridized carbons (Fsp3) is 0.333. The summed E-state index contributed by atoms with van der Waals surface area (Å²) >= 11 is 0. The number of nitrogens with zero attached hydrogens (tertiary/aromatic N) is 2. The van der Waals surface area contributed by atoms with Gasteiger partial charge in [0.1, 0.15) is 5.82 Å². The third-order valence-corrected chi connectivity index (χ3v) is 4.21. The highest BCUT2D eigenvalue weighted by molar-refractivity contribution is 7.90. The van der Waals surface area contributed by atoms with E-state index < -0.39 is 15.7 Å². The number of aromatic nitrogens is 1. The van der Waals surface area contributed by atoms with Crippen LogP contribution < -0.4 is 10.2 Å². The van der Waals surface area contributed by atoms with Crippen molar-refractivity contribution in [2.75, 3.05) is 29.6 Å². The van der Waals surface area contributed by atoms with E-state index in [4.69, 9.17) is 4.42 Å². The number of pyridine rings is 1. The van der Waals surface area contributed by atoms with Crippen molar-refractivity contribution in [1.29, 1.82) is 0 Å². The quantitative estimate of drug-likeness (QED) is 0.868. The SMILES string of the molecule is CCN(CC)c1ccc(NC(=O)c2ccc(S(C)(=O)=O)o2)cn1. The summed E-state index contributed by atoms with van der Waals surface area (Å²) in [6, 6.07) is 6.13. The highest BCUT2D eigenvalue weighted by Crippen LogP contribution is 2.17. The van der Waals surface area contributed by atoms with Gasteiger partial charge in [0.05, 0.1) is 11.9 Å². The first-order chi connectivity index (χ1) is 10.8. The van der Waals surface area contributed by atoms with E-state index in [0.29, 0.717) is 5.69 Å². The Morgan fingerprint density at radius 1 is 1.22 bits per heavy atom. The molecule has 2 rings (SSSR count). The lowest BCUT2D eigenvalue weighted by molar-refractivity contribution is 0.0991. The van der Waals surface area contributed by atoms with Crippen molar-refractivity contribution in [1.82, 2.24) is 4.98 Å². The van der Waals surface area contributed by atoms with Crippen LogP contribution in [0.25, 0.3) is 0 Å². The summed E-state index contributed by atoms with van der Waals surface area (Å²) in [5.41, 5.74) is 0.503. The molecule has 0 spiro atoms. The molecule has 8 heteroatoms. The van der Waals surface area contributed by atoms with E-state index >= 15 is 0 Å². The Balaban J connectivity index is 2.10. The van der Waals surface area contributed by atoms with E-state index in [9.17, 15) is 13.2 Å². The number of rotatable bonds is 6. The lowest BCUT2D eigenvalue weighted by Gasteiger charge is -2.19. The molecule has 23 heavy (non-hydrogen) atoms. The highest BCUT2D eigenvalue weighted by atomic mass is 32.2. The summed E-state index contributed by atoms with van der Waals surface area (Å²) in [5, 5.41) is 2.38. The number of nitrogens with one attached hydrogen (secondary N) is 1. The van der Waals surface area contributed by atoms with Crippen molar-refractivity contribution >= 4 is 27.2 Å². The molecule has 0 saturated heterocycles. The normalized spacial score (nSPS) is 11.3. The predicted octanol–water partition coefficient (Wildman–Crippen LogP) is 2.18. The van der Waals surface area contributed by atoms with E-state index in [-0.39, 0.29) is 10.9 Å². The molecule has 0 aliphatic heterocycles. The van der Waals surface area contributed by atoms with Crippen LogP contribution in [-0.2, 0) is 9.84 Å². The van der Waals surface area contributed by atoms with Crippen LogP contribution in [0.3, 0.4) is 0 Å². The monoisotopic (exact) mass is 337 g/mol. The molecule has 124 valence electrons. The van der Waals surface area contributed by atoms with E-state index in [1.165, 1.54) is 12.1 Å². The number of sulfone groups is 1. The van der Waals surface area contributed by atoms with Crippen LogP contribution in [0, 0.1) is 0 Å². The Hall–Kier alpha value is -2.35. The van der Waals surface area contributed by atoms with Crippen LogP contribution in [-0.4, -0.2) is 38.7 Å². The Labute approximate surface area is 135 Å². The molecule has 0 radical (unpaired) electrons. The number of carbonyl (C=O) groups excluding carboxylic acids is 1. The topological polar surface area (TPSA) is 92.5 Å². The molecule has 0 aliphatic carbocycles. The van der Waals surface area contributed by atoms with Crippen LogP contribution in [0.15, 0.2) is 40.0 Å². The van der Waals surface area contributed by atoms with Crippen LogP contribution >= 0.6 is 0 Å². The van der Waals surface area contributed by atoms with E-state index in [2.05, 4.69) is 15.2 Å². The molecule has 0 aromatic carbocycles. The maximum Gasteiger partial charge on any atom is 0.291 e. The van der Waals surface area contributed by atoms with Gasteiger partial charge in [0.15, 0.2) is 5.76 Å². The van der Waals surface area contributed by atoms with Gasteiger partial charge in [-0.15, -0.1) is 0 Å². The zero-order valence-corrected chi connectivity index (χ0v) is 14.1. The van der Waals surface area contributed by atoms with E-state index in [1.54, 1.807) is 12.3 Å². The van der Waals surface area contributed by atoms with Gasteiger partial charge in [0.2, 0.25) is 14.9 Å². The number of carbonyl (C=O) groups is 1. The summed E-state index contributed by atoms with van der Waals surface area (Å²) in [5.74, 6) is 0.223. The standard InChI is InChI=1S/C15H19N3O4S/c1-4-18(5-2)13-8-6-11(10-16-13)17-15(19)12-7-9-14(22-12)23(3,20)21/h6-10H,4-5H2,1-3H3,(H,17,19). The molecule has 0 saturated carbocycles. The van der Waals surface area contributed by atoms with Crippen molar-refractivity contribution < 1.29 is 17.6 Å². The fourth-order valence-corrected chi connectivity index (χ4v) is 2.59. The average molecular weight is 337 g/mol. The number of furan rings is 1. The molecule has 0 atom stereocenters. The Morgan fingerprint density at radius 2 is 1.91 bits per heavy atom. The zero-order valence-electron chi connectivity index (χ0n) is 13.2. The lowest BCUT2D eigenvalue weighted by atomic mass is 10.3. The molecule has 2 heterocycles. The molecular formula is C15H19N3O4S. The molecule has 0 fully saturated rings. The van der Waals surface area contributed by atoms with Gasteiger partial charge in [-0.25, -0.2) is 13.4 Å². The number of hydrogen-bond acceptors (Lipinski definition) is 6. The molecule has 0 unspecified atom stereocenters. The summed E-state index contributed by atoms with van der Waals surface area (Å²) in [4.78, 5) is 18.4. The molecule has 2 aromatic heterocycles. The van der Waals surface area contributed by atoms with E-state index in [0.717, 1.165) is 25.2 Å². The summed E-state index contributed by atoms with van der Waals surface area (Å²) < 4.78 is 27.7. The minimum absolute atomic E-state index is 0.0711. The predicted molar refractivity (Wildman–Crippen MR) is 87.6 cm³/mol. The number of anilines is 2. The summed E-state index contributed by atoms with van der Waals surface area (Å²) in [6.07, 6.45) is 2.56. The molecule has 0 aliphatic rings. The molecular weight excluding hydrogens is 318 g/mol. The first kappa shape index (κ1) is 17.0. The Kier molecular flexibility index (Phi) is 5.05. The van der Waals surface area contributed by atoms with Crippen molar-refractivity contribution in [2.45, 2.75) is 18.9 Å². The number of hydrogen-bond donors (Lipinski definition) is 1. The molecule has 2 aromatic rings. The van der Waals surface area contributed by atoms with Crippen molar-refractivity contribution in [3.63, 3.8) is 0 Å². The van der Waals surface area contributed by atoms with Gasteiger partial charge >= 0.3 is 0 Å². The largest absolute Gasteiger partial charge is 0.440 e. The minimum Gasteiger partial charge on any atom is -0.440 e. The number of amides is 1.